The van der Waals surface area contributed by atoms with E-state index in [0.717, 1.165) is 33.6 Å². The summed E-state index contributed by atoms with van der Waals surface area (Å²) in [7, 11) is 1.69. The highest BCUT2D eigenvalue weighted by molar-refractivity contribution is 5.90. The first-order chi connectivity index (χ1) is 13.3. The summed E-state index contributed by atoms with van der Waals surface area (Å²) in [6.07, 6.45) is 3.52. The number of nitrogens with zero attached hydrogens (tertiary/aromatic N) is 3. The monoisotopic (exact) mass is 356 g/mol. The first-order valence-corrected chi connectivity index (χ1v) is 8.83. The average Bonchev–Trinajstić information content (AvgIpc) is 2.74. The summed E-state index contributed by atoms with van der Waals surface area (Å²) in [5, 5.41) is 4.51. The van der Waals surface area contributed by atoms with Gasteiger partial charge in [0.1, 0.15) is 11.6 Å². The number of hydrogen-bond acceptors (Lipinski definition) is 5. The largest absolute Gasteiger partial charge is 0.496 e. The van der Waals surface area contributed by atoms with E-state index in [1.807, 2.05) is 54.6 Å². The van der Waals surface area contributed by atoms with Gasteiger partial charge in [-0.3, -0.25) is 4.98 Å². The molecule has 5 heteroatoms. The van der Waals surface area contributed by atoms with E-state index in [1.165, 1.54) is 0 Å². The number of aromatic nitrogens is 3. The molecular formula is C22H20N4O. The summed E-state index contributed by atoms with van der Waals surface area (Å²) in [6.45, 7) is 2.10. The molecule has 0 unspecified atom stereocenters. The quantitative estimate of drug-likeness (QED) is 0.552. The lowest BCUT2D eigenvalue weighted by Gasteiger charge is -2.19. The molecule has 1 N–H and O–H groups in total. The van der Waals surface area contributed by atoms with Gasteiger partial charge >= 0.3 is 0 Å². The van der Waals surface area contributed by atoms with Gasteiger partial charge in [-0.05, 0) is 37.3 Å². The lowest BCUT2D eigenvalue weighted by molar-refractivity contribution is 0.408. The van der Waals surface area contributed by atoms with E-state index in [1.54, 1.807) is 19.5 Å². The molecule has 0 aliphatic heterocycles. The van der Waals surface area contributed by atoms with Crippen LogP contribution in [0.25, 0.3) is 22.3 Å². The molecule has 0 saturated heterocycles. The Balaban J connectivity index is 1.78. The first kappa shape index (κ1) is 17.0. The van der Waals surface area contributed by atoms with E-state index >= 15 is 0 Å². The Morgan fingerprint density at radius 2 is 1.74 bits per heavy atom. The van der Waals surface area contributed by atoms with Gasteiger partial charge in [0.25, 0.3) is 0 Å². The van der Waals surface area contributed by atoms with Gasteiger partial charge < -0.3 is 10.1 Å². The van der Waals surface area contributed by atoms with Gasteiger partial charge in [0.2, 0.25) is 0 Å². The maximum absolute atomic E-state index is 5.50. The van der Waals surface area contributed by atoms with Crippen LogP contribution < -0.4 is 10.1 Å². The van der Waals surface area contributed by atoms with Crippen molar-refractivity contribution in [2.24, 2.45) is 0 Å². The molecule has 0 amide bonds. The molecule has 2 aromatic heterocycles. The number of methoxy groups -OCH3 is 1. The van der Waals surface area contributed by atoms with Gasteiger partial charge in [0.05, 0.1) is 18.7 Å². The average molecular weight is 356 g/mol. The van der Waals surface area contributed by atoms with E-state index in [9.17, 15) is 0 Å². The summed E-state index contributed by atoms with van der Waals surface area (Å²) >= 11 is 0. The predicted octanol–water partition coefficient (Wildman–Crippen LogP) is 4.87. The highest BCUT2D eigenvalue weighted by atomic mass is 16.5. The lowest BCUT2D eigenvalue weighted by atomic mass is 10.1. The van der Waals surface area contributed by atoms with Crippen molar-refractivity contribution in [3.8, 4) is 17.1 Å². The Kier molecular flexibility index (Phi) is 4.66. The molecule has 4 aromatic rings. The van der Waals surface area contributed by atoms with Crippen LogP contribution >= 0.6 is 0 Å². The molecule has 27 heavy (non-hydrogen) atoms. The Morgan fingerprint density at radius 3 is 2.56 bits per heavy atom. The number of hydrogen-bond donors (Lipinski definition) is 1. The molecule has 2 aromatic carbocycles. The second-order valence-electron chi connectivity index (χ2n) is 6.26. The van der Waals surface area contributed by atoms with Gasteiger partial charge in [-0.2, -0.15) is 0 Å². The minimum absolute atomic E-state index is 0.0150. The molecule has 134 valence electrons. The predicted molar refractivity (Wildman–Crippen MR) is 108 cm³/mol. The van der Waals surface area contributed by atoms with Crippen LogP contribution in [0, 0.1) is 0 Å². The SMILES string of the molecule is COc1ccccc1[C@H](C)Nc1nc(-c2cccnc2)nc2ccccc12. The summed E-state index contributed by atoms with van der Waals surface area (Å²) in [6, 6.07) is 19.9. The Morgan fingerprint density at radius 1 is 0.926 bits per heavy atom. The smallest absolute Gasteiger partial charge is 0.163 e. The summed E-state index contributed by atoms with van der Waals surface area (Å²) in [5.74, 6) is 2.29. The third-order valence-corrected chi connectivity index (χ3v) is 4.48. The number of para-hydroxylation sites is 2. The van der Waals surface area contributed by atoms with Crippen LogP contribution in [0.15, 0.2) is 73.1 Å². The van der Waals surface area contributed by atoms with Gasteiger partial charge in [-0.15, -0.1) is 0 Å². The molecular weight excluding hydrogens is 336 g/mol. The molecule has 4 rings (SSSR count). The molecule has 0 radical (unpaired) electrons. The van der Waals surface area contributed by atoms with Crippen LogP contribution in [-0.4, -0.2) is 22.1 Å². The van der Waals surface area contributed by atoms with E-state index in [4.69, 9.17) is 14.7 Å². The Labute approximate surface area is 158 Å². The van der Waals surface area contributed by atoms with Crippen molar-refractivity contribution in [3.05, 3.63) is 78.6 Å². The summed E-state index contributed by atoms with van der Waals surface area (Å²) in [4.78, 5) is 13.7. The number of benzene rings is 2. The molecule has 0 bridgehead atoms. The van der Waals surface area contributed by atoms with Crippen molar-refractivity contribution in [1.29, 1.82) is 0 Å². The fourth-order valence-corrected chi connectivity index (χ4v) is 3.12. The van der Waals surface area contributed by atoms with Crippen molar-refractivity contribution >= 4 is 16.7 Å². The third kappa shape index (κ3) is 3.44. The third-order valence-electron chi connectivity index (χ3n) is 4.48. The molecule has 0 aliphatic carbocycles. The number of ether oxygens (including phenoxy) is 1. The zero-order valence-corrected chi connectivity index (χ0v) is 15.3. The first-order valence-electron chi connectivity index (χ1n) is 8.83. The second-order valence-corrected chi connectivity index (χ2v) is 6.26. The molecule has 0 aliphatic rings. The van der Waals surface area contributed by atoms with Gasteiger partial charge in [-0.1, -0.05) is 30.3 Å². The van der Waals surface area contributed by atoms with Gasteiger partial charge in [-0.25, -0.2) is 9.97 Å². The Bertz CT molecular complexity index is 1070. The molecule has 2 heterocycles. The maximum Gasteiger partial charge on any atom is 0.163 e. The van der Waals surface area contributed by atoms with Crippen molar-refractivity contribution in [2.45, 2.75) is 13.0 Å². The number of nitrogens with one attached hydrogen (secondary N) is 1. The maximum atomic E-state index is 5.50. The number of anilines is 1. The molecule has 0 spiro atoms. The van der Waals surface area contributed by atoms with Crippen LogP contribution in [0.3, 0.4) is 0 Å². The van der Waals surface area contributed by atoms with Crippen molar-refractivity contribution in [2.75, 3.05) is 12.4 Å². The van der Waals surface area contributed by atoms with Crippen molar-refractivity contribution < 1.29 is 4.74 Å². The zero-order chi connectivity index (χ0) is 18.6. The summed E-state index contributed by atoms with van der Waals surface area (Å²) in [5.41, 5.74) is 2.85. The minimum Gasteiger partial charge on any atom is -0.496 e. The van der Waals surface area contributed by atoms with Crippen molar-refractivity contribution in [1.82, 2.24) is 15.0 Å². The van der Waals surface area contributed by atoms with E-state index < -0.39 is 0 Å². The molecule has 1 atom stereocenters. The Hall–Kier alpha value is -3.47. The fourth-order valence-electron chi connectivity index (χ4n) is 3.12. The second kappa shape index (κ2) is 7.41. The minimum atomic E-state index is 0.0150. The van der Waals surface area contributed by atoms with Crippen LogP contribution in [0.4, 0.5) is 5.82 Å². The van der Waals surface area contributed by atoms with Crippen LogP contribution in [0.1, 0.15) is 18.5 Å². The highest BCUT2D eigenvalue weighted by Gasteiger charge is 2.15. The van der Waals surface area contributed by atoms with E-state index in [2.05, 4.69) is 23.3 Å². The number of pyridine rings is 1. The highest BCUT2D eigenvalue weighted by Crippen LogP contribution is 2.30. The standard InChI is InChI=1S/C22H20N4O/c1-15(17-9-4-6-12-20(17)27-2)24-22-18-10-3-5-11-19(18)25-21(26-22)16-8-7-13-23-14-16/h3-15H,1-2H3,(H,24,25,26)/t15-/m0/s1. The molecule has 0 fully saturated rings. The molecule has 0 saturated carbocycles. The van der Waals surface area contributed by atoms with Crippen LogP contribution in [-0.2, 0) is 0 Å². The van der Waals surface area contributed by atoms with Crippen LogP contribution in [0.2, 0.25) is 0 Å². The molecule has 5 nitrogen and oxygen atoms in total. The summed E-state index contributed by atoms with van der Waals surface area (Å²) < 4.78 is 5.50. The van der Waals surface area contributed by atoms with E-state index in [0.29, 0.717) is 5.82 Å². The lowest BCUT2D eigenvalue weighted by Crippen LogP contribution is -2.10. The normalized spacial score (nSPS) is 11.9. The van der Waals surface area contributed by atoms with Crippen LogP contribution in [0.5, 0.6) is 5.75 Å². The fraction of sp³-hybridized carbons (Fsp3) is 0.136. The zero-order valence-electron chi connectivity index (χ0n) is 15.3. The van der Waals surface area contributed by atoms with E-state index in [-0.39, 0.29) is 6.04 Å². The van der Waals surface area contributed by atoms with Gasteiger partial charge in [0, 0.05) is 28.9 Å². The number of fused-ring (bicyclic) bond motifs is 1. The topological polar surface area (TPSA) is 59.9 Å². The van der Waals surface area contributed by atoms with Gasteiger partial charge in [0.15, 0.2) is 5.82 Å². The van der Waals surface area contributed by atoms with Crippen molar-refractivity contribution in [3.63, 3.8) is 0 Å². The number of rotatable bonds is 5.